The molecular formula is C9H7N5OS. The highest BCUT2D eigenvalue weighted by atomic mass is 32.1. The Hall–Kier alpha value is -2.02. The second-order valence-corrected chi connectivity index (χ2v) is 3.90. The first-order valence-electron chi connectivity index (χ1n) is 4.59. The quantitative estimate of drug-likeness (QED) is 0.684. The molecule has 3 aromatic heterocycles. The molecule has 0 atom stereocenters. The van der Waals surface area contributed by atoms with E-state index in [0.717, 1.165) is 5.56 Å². The summed E-state index contributed by atoms with van der Waals surface area (Å²) in [6.45, 7) is 0.442. The first kappa shape index (κ1) is 9.22. The normalized spacial score (nSPS) is 10.8. The molecule has 0 fully saturated rings. The third kappa shape index (κ3) is 1.72. The average Bonchev–Trinajstić information content (AvgIpc) is 2.99. The van der Waals surface area contributed by atoms with Crippen LogP contribution >= 0.6 is 11.3 Å². The molecule has 0 amide bonds. The summed E-state index contributed by atoms with van der Waals surface area (Å²) >= 11 is 1.60. The van der Waals surface area contributed by atoms with E-state index in [2.05, 4.69) is 20.2 Å². The first-order valence-corrected chi connectivity index (χ1v) is 5.53. The van der Waals surface area contributed by atoms with Gasteiger partial charge in [-0.15, -0.1) is 0 Å². The van der Waals surface area contributed by atoms with Gasteiger partial charge in [0.15, 0.2) is 0 Å². The highest BCUT2D eigenvalue weighted by Gasteiger charge is 2.09. The zero-order valence-electron chi connectivity index (χ0n) is 8.15. The number of thiophene rings is 1. The molecule has 3 aromatic rings. The molecule has 0 saturated heterocycles. The van der Waals surface area contributed by atoms with Gasteiger partial charge in [-0.05, 0) is 11.4 Å². The fraction of sp³-hybridized carbons (Fsp3) is 0.111. The maximum atomic E-state index is 5.12. The van der Waals surface area contributed by atoms with Crippen molar-refractivity contribution in [3.8, 4) is 11.4 Å². The Balaban J connectivity index is 1.83. The molecule has 0 unspecified atom stereocenters. The molecule has 3 rings (SSSR count). The van der Waals surface area contributed by atoms with E-state index in [1.807, 2.05) is 16.8 Å². The van der Waals surface area contributed by atoms with E-state index in [9.17, 15) is 0 Å². The predicted octanol–water partition coefficient (Wildman–Crippen LogP) is 1.44. The number of hydrogen-bond donors (Lipinski definition) is 0. The minimum Gasteiger partial charge on any atom is -0.337 e. The van der Waals surface area contributed by atoms with Gasteiger partial charge in [0.1, 0.15) is 19.2 Å². The molecule has 0 spiro atoms. The van der Waals surface area contributed by atoms with Crippen molar-refractivity contribution in [1.82, 2.24) is 24.9 Å². The van der Waals surface area contributed by atoms with E-state index in [-0.39, 0.29) is 0 Å². The number of aromatic nitrogens is 5. The smallest absolute Gasteiger partial charge is 0.248 e. The molecule has 0 N–H and O–H groups in total. The lowest BCUT2D eigenvalue weighted by atomic mass is 10.3. The summed E-state index contributed by atoms with van der Waals surface area (Å²) in [5.74, 6) is 1.13. The van der Waals surface area contributed by atoms with Crippen LogP contribution < -0.4 is 0 Å². The lowest BCUT2D eigenvalue weighted by Crippen LogP contribution is -1.99. The Morgan fingerprint density at radius 2 is 2.44 bits per heavy atom. The van der Waals surface area contributed by atoms with E-state index >= 15 is 0 Å². The SMILES string of the molecule is c1ncn(Cc2nc(-c3ccsc3)no2)n1. The van der Waals surface area contributed by atoms with Crippen molar-refractivity contribution < 1.29 is 4.52 Å². The zero-order chi connectivity index (χ0) is 10.8. The summed E-state index contributed by atoms with van der Waals surface area (Å²) in [5, 5.41) is 11.8. The largest absolute Gasteiger partial charge is 0.337 e. The molecule has 0 aliphatic rings. The standard InChI is InChI=1S/C9H7N5OS/c1-2-16-4-7(1)9-12-8(15-13-9)3-14-6-10-5-11-14/h1-2,4-6H,3H2. The lowest BCUT2D eigenvalue weighted by molar-refractivity contribution is 0.366. The fourth-order valence-corrected chi connectivity index (χ4v) is 1.92. The molecule has 0 aliphatic carbocycles. The van der Waals surface area contributed by atoms with E-state index in [1.165, 1.54) is 6.33 Å². The molecule has 0 aromatic carbocycles. The summed E-state index contributed by atoms with van der Waals surface area (Å²) in [6, 6.07) is 1.95. The van der Waals surface area contributed by atoms with Crippen LogP contribution in [0.4, 0.5) is 0 Å². The Bertz CT molecular complexity index is 557. The Morgan fingerprint density at radius 1 is 1.44 bits per heavy atom. The van der Waals surface area contributed by atoms with Crippen molar-refractivity contribution in [3.63, 3.8) is 0 Å². The number of nitrogens with zero attached hydrogens (tertiary/aromatic N) is 5. The highest BCUT2D eigenvalue weighted by molar-refractivity contribution is 7.08. The summed E-state index contributed by atoms with van der Waals surface area (Å²) in [6.07, 6.45) is 3.07. The fourth-order valence-electron chi connectivity index (χ4n) is 1.28. The van der Waals surface area contributed by atoms with Crippen LogP contribution in [0.5, 0.6) is 0 Å². The highest BCUT2D eigenvalue weighted by Crippen LogP contribution is 2.18. The van der Waals surface area contributed by atoms with Gasteiger partial charge in [-0.25, -0.2) is 9.67 Å². The van der Waals surface area contributed by atoms with Gasteiger partial charge in [0.05, 0.1) is 0 Å². The van der Waals surface area contributed by atoms with Gasteiger partial charge in [0.25, 0.3) is 0 Å². The Kier molecular flexibility index (Phi) is 2.22. The summed E-state index contributed by atoms with van der Waals surface area (Å²) in [7, 11) is 0. The third-order valence-electron chi connectivity index (χ3n) is 2.01. The predicted molar refractivity (Wildman–Crippen MR) is 56.7 cm³/mol. The topological polar surface area (TPSA) is 69.6 Å². The van der Waals surface area contributed by atoms with E-state index in [1.54, 1.807) is 22.3 Å². The second kappa shape index (κ2) is 3.86. The molecule has 0 saturated carbocycles. The van der Waals surface area contributed by atoms with E-state index < -0.39 is 0 Å². The van der Waals surface area contributed by atoms with Gasteiger partial charge in [0.2, 0.25) is 11.7 Å². The van der Waals surface area contributed by atoms with Crippen LogP contribution in [-0.4, -0.2) is 24.9 Å². The van der Waals surface area contributed by atoms with Crippen molar-refractivity contribution in [1.29, 1.82) is 0 Å². The van der Waals surface area contributed by atoms with Crippen LogP contribution in [0.25, 0.3) is 11.4 Å². The van der Waals surface area contributed by atoms with E-state index in [0.29, 0.717) is 18.3 Å². The summed E-state index contributed by atoms with van der Waals surface area (Å²) in [5.41, 5.74) is 0.971. The van der Waals surface area contributed by atoms with Gasteiger partial charge in [-0.3, -0.25) is 0 Å². The molecule has 0 bridgehead atoms. The molecule has 80 valence electrons. The van der Waals surface area contributed by atoms with Gasteiger partial charge in [0, 0.05) is 10.9 Å². The minimum absolute atomic E-state index is 0.442. The Morgan fingerprint density at radius 3 is 3.19 bits per heavy atom. The van der Waals surface area contributed by atoms with Crippen LogP contribution in [0.15, 0.2) is 34.0 Å². The lowest BCUT2D eigenvalue weighted by Gasteiger charge is -1.91. The third-order valence-corrected chi connectivity index (χ3v) is 2.69. The van der Waals surface area contributed by atoms with Crippen LogP contribution in [0.3, 0.4) is 0 Å². The molecule has 7 heteroatoms. The number of rotatable bonds is 3. The average molecular weight is 233 g/mol. The zero-order valence-corrected chi connectivity index (χ0v) is 8.96. The van der Waals surface area contributed by atoms with Crippen molar-refractivity contribution >= 4 is 11.3 Å². The molecule has 16 heavy (non-hydrogen) atoms. The van der Waals surface area contributed by atoms with Crippen LogP contribution in [0.1, 0.15) is 5.89 Å². The van der Waals surface area contributed by atoms with Gasteiger partial charge in [-0.1, -0.05) is 5.16 Å². The molecule has 0 aliphatic heterocycles. The molecule has 0 radical (unpaired) electrons. The molecule has 3 heterocycles. The van der Waals surface area contributed by atoms with Gasteiger partial charge >= 0.3 is 0 Å². The van der Waals surface area contributed by atoms with E-state index in [4.69, 9.17) is 4.52 Å². The summed E-state index contributed by atoms with van der Waals surface area (Å²) in [4.78, 5) is 8.11. The van der Waals surface area contributed by atoms with Crippen molar-refractivity contribution in [3.05, 3.63) is 35.4 Å². The number of hydrogen-bond acceptors (Lipinski definition) is 6. The van der Waals surface area contributed by atoms with Crippen molar-refractivity contribution in [2.45, 2.75) is 6.54 Å². The van der Waals surface area contributed by atoms with Crippen LogP contribution in [0.2, 0.25) is 0 Å². The molecule has 6 nitrogen and oxygen atoms in total. The van der Waals surface area contributed by atoms with Crippen molar-refractivity contribution in [2.24, 2.45) is 0 Å². The maximum absolute atomic E-state index is 5.12. The summed E-state index contributed by atoms with van der Waals surface area (Å²) < 4.78 is 6.75. The van der Waals surface area contributed by atoms with Crippen LogP contribution in [-0.2, 0) is 6.54 Å². The van der Waals surface area contributed by atoms with Crippen molar-refractivity contribution in [2.75, 3.05) is 0 Å². The Labute approximate surface area is 94.6 Å². The first-order chi connectivity index (χ1) is 7.92. The minimum atomic E-state index is 0.442. The molecular weight excluding hydrogens is 226 g/mol. The van der Waals surface area contributed by atoms with Gasteiger partial charge in [-0.2, -0.15) is 21.4 Å². The maximum Gasteiger partial charge on any atom is 0.248 e. The second-order valence-electron chi connectivity index (χ2n) is 3.12. The monoisotopic (exact) mass is 233 g/mol. The van der Waals surface area contributed by atoms with Crippen LogP contribution in [0, 0.1) is 0 Å². The van der Waals surface area contributed by atoms with Gasteiger partial charge < -0.3 is 4.52 Å².